The lowest BCUT2D eigenvalue weighted by Gasteiger charge is -2.25. The van der Waals surface area contributed by atoms with E-state index in [4.69, 9.17) is 20.9 Å². The van der Waals surface area contributed by atoms with Crippen molar-refractivity contribution in [3.05, 3.63) is 65.5 Å². The zero-order valence-electron chi connectivity index (χ0n) is 15.4. The molecule has 0 radical (unpaired) electrons. The van der Waals surface area contributed by atoms with Gasteiger partial charge in [0.2, 0.25) is 11.7 Å². The molecule has 2 unspecified atom stereocenters. The molecule has 1 aromatic heterocycles. The first-order valence-corrected chi connectivity index (χ1v) is 9.61. The van der Waals surface area contributed by atoms with E-state index in [0.29, 0.717) is 29.0 Å². The molecule has 2 atom stereocenters. The Labute approximate surface area is 168 Å². The predicted octanol–water partition coefficient (Wildman–Crippen LogP) is 4.52. The van der Waals surface area contributed by atoms with Gasteiger partial charge in [0.05, 0.1) is 0 Å². The first-order valence-electron chi connectivity index (χ1n) is 9.23. The highest BCUT2D eigenvalue weighted by atomic mass is 35.5. The van der Waals surface area contributed by atoms with Crippen molar-refractivity contribution in [3.8, 4) is 17.1 Å². The number of ether oxygens (including phenoxy) is 1. The van der Waals surface area contributed by atoms with Crippen molar-refractivity contribution in [3.63, 3.8) is 0 Å². The van der Waals surface area contributed by atoms with Crippen LogP contribution in [0.2, 0.25) is 5.02 Å². The Morgan fingerprint density at radius 1 is 1.25 bits per heavy atom. The number of nitrogens with zero attached hydrogens (tertiary/aromatic N) is 3. The lowest BCUT2D eigenvalue weighted by Crippen LogP contribution is -2.40. The van der Waals surface area contributed by atoms with Gasteiger partial charge in [-0.2, -0.15) is 4.98 Å². The van der Waals surface area contributed by atoms with E-state index in [1.54, 1.807) is 24.0 Å². The fourth-order valence-corrected chi connectivity index (χ4v) is 3.58. The number of carbonyl (C=O) groups excluding carboxylic acids is 1. The van der Waals surface area contributed by atoms with Crippen LogP contribution >= 0.6 is 11.6 Å². The van der Waals surface area contributed by atoms with Crippen LogP contribution in [0.5, 0.6) is 5.75 Å². The van der Waals surface area contributed by atoms with Crippen LogP contribution in [0.15, 0.2) is 59.1 Å². The highest BCUT2D eigenvalue weighted by Gasteiger charge is 2.36. The van der Waals surface area contributed by atoms with Crippen LogP contribution in [0, 0.1) is 0 Å². The van der Waals surface area contributed by atoms with E-state index < -0.39 is 6.10 Å². The van der Waals surface area contributed by atoms with Gasteiger partial charge in [0.15, 0.2) is 6.10 Å². The van der Waals surface area contributed by atoms with Gasteiger partial charge in [-0.3, -0.25) is 4.79 Å². The third kappa shape index (κ3) is 3.87. The molecular formula is C21H20ClN3O3. The van der Waals surface area contributed by atoms with E-state index >= 15 is 0 Å². The summed E-state index contributed by atoms with van der Waals surface area (Å²) in [6.45, 7) is 2.40. The van der Waals surface area contributed by atoms with Crippen LogP contribution in [0.3, 0.4) is 0 Å². The molecule has 3 aromatic rings. The second-order valence-corrected chi connectivity index (χ2v) is 7.17. The minimum Gasteiger partial charge on any atom is -0.481 e. The molecule has 6 nitrogen and oxygen atoms in total. The lowest BCUT2D eigenvalue weighted by atomic mass is 10.2. The summed E-state index contributed by atoms with van der Waals surface area (Å²) in [6.07, 6.45) is 1.06. The summed E-state index contributed by atoms with van der Waals surface area (Å²) >= 11 is 6.04. The van der Waals surface area contributed by atoms with Gasteiger partial charge in [-0.15, -0.1) is 0 Å². The second kappa shape index (κ2) is 8.02. The van der Waals surface area contributed by atoms with Crippen molar-refractivity contribution in [2.75, 3.05) is 6.54 Å². The van der Waals surface area contributed by atoms with Crippen molar-refractivity contribution in [2.24, 2.45) is 0 Å². The summed E-state index contributed by atoms with van der Waals surface area (Å²) in [5, 5.41) is 4.67. The maximum atomic E-state index is 12.9. The van der Waals surface area contributed by atoms with E-state index in [1.807, 2.05) is 42.5 Å². The molecule has 1 saturated heterocycles. The van der Waals surface area contributed by atoms with Crippen LogP contribution in [0.4, 0.5) is 0 Å². The predicted molar refractivity (Wildman–Crippen MR) is 105 cm³/mol. The van der Waals surface area contributed by atoms with Crippen LogP contribution in [-0.4, -0.2) is 33.6 Å². The minimum atomic E-state index is -0.599. The van der Waals surface area contributed by atoms with E-state index in [1.165, 1.54) is 0 Å². The van der Waals surface area contributed by atoms with Crippen molar-refractivity contribution < 1.29 is 14.1 Å². The molecule has 144 valence electrons. The largest absolute Gasteiger partial charge is 0.481 e. The van der Waals surface area contributed by atoms with Crippen molar-refractivity contribution >= 4 is 17.5 Å². The van der Waals surface area contributed by atoms with Crippen molar-refractivity contribution in [1.82, 2.24) is 15.0 Å². The normalized spacial score (nSPS) is 17.5. The van der Waals surface area contributed by atoms with Gasteiger partial charge in [0.25, 0.3) is 5.91 Å². The van der Waals surface area contributed by atoms with Gasteiger partial charge in [-0.1, -0.05) is 47.1 Å². The Hall–Kier alpha value is -2.86. The molecule has 28 heavy (non-hydrogen) atoms. The molecule has 0 saturated carbocycles. The average molecular weight is 398 g/mol. The van der Waals surface area contributed by atoms with Gasteiger partial charge in [0, 0.05) is 17.1 Å². The van der Waals surface area contributed by atoms with Crippen LogP contribution in [-0.2, 0) is 4.79 Å². The first-order chi connectivity index (χ1) is 13.6. The Morgan fingerprint density at radius 2 is 2.07 bits per heavy atom. The smallest absolute Gasteiger partial charge is 0.264 e. The van der Waals surface area contributed by atoms with Gasteiger partial charge in [-0.05, 0) is 44.0 Å². The number of rotatable bonds is 5. The fourth-order valence-electron chi connectivity index (χ4n) is 3.39. The van der Waals surface area contributed by atoms with E-state index in [2.05, 4.69) is 10.1 Å². The third-order valence-corrected chi connectivity index (χ3v) is 4.98. The standard InChI is InChI=1S/C21H20ClN3O3/c1-14(27-17-9-3-2-4-10-17)21(26)25-12-6-11-18(25)20-23-19(24-28-20)15-7-5-8-16(22)13-15/h2-5,7-10,13-14,18H,6,11-12H2,1H3. The molecule has 7 heteroatoms. The number of carbonyl (C=O) groups is 1. The Balaban J connectivity index is 1.50. The lowest BCUT2D eigenvalue weighted by molar-refractivity contribution is -0.139. The third-order valence-electron chi connectivity index (χ3n) is 4.75. The van der Waals surface area contributed by atoms with Crippen molar-refractivity contribution in [1.29, 1.82) is 0 Å². The first kappa shape index (κ1) is 18.5. The number of hydrogen-bond donors (Lipinski definition) is 0. The quantitative estimate of drug-likeness (QED) is 0.633. The highest BCUT2D eigenvalue weighted by molar-refractivity contribution is 6.30. The Morgan fingerprint density at radius 3 is 2.86 bits per heavy atom. The highest BCUT2D eigenvalue weighted by Crippen LogP contribution is 2.33. The van der Waals surface area contributed by atoms with Crippen LogP contribution < -0.4 is 4.74 Å². The number of para-hydroxylation sites is 1. The molecule has 1 aliphatic rings. The molecular weight excluding hydrogens is 378 g/mol. The number of aromatic nitrogens is 2. The maximum Gasteiger partial charge on any atom is 0.264 e. The zero-order chi connectivity index (χ0) is 19.5. The SMILES string of the molecule is CC(Oc1ccccc1)C(=O)N1CCCC1c1nc(-c2cccc(Cl)c2)no1. The molecule has 4 rings (SSSR count). The van der Waals surface area contributed by atoms with Gasteiger partial charge in [0.1, 0.15) is 11.8 Å². The summed E-state index contributed by atoms with van der Waals surface area (Å²) in [6, 6.07) is 16.4. The number of amides is 1. The summed E-state index contributed by atoms with van der Waals surface area (Å²) in [4.78, 5) is 19.2. The Kier molecular flexibility index (Phi) is 5.30. The molecule has 0 N–H and O–H groups in total. The van der Waals surface area contributed by atoms with E-state index in [-0.39, 0.29) is 11.9 Å². The summed E-state index contributed by atoms with van der Waals surface area (Å²) in [5.41, 5.74) is 0.777. The molecule has 0 bridgehead atoms. The van der Waals surface area contributed by atoms with Crippen LogP contribution in [0.1, 0.15) is 31.7 Å². The number of hydrogen-bond acceptors (Lipinski definition) is 5. The number of likely N-dealkylation sites (tertiary alicyclic amines) is 1. The fraction of sp³-hybridized carbons (Fsp3) is 0.286. The van der Waals surface area contributed by atoms with E-state index in [0.717, 1.165) is 18.4 Å². The Bertz CT molecular complexity index is 960. The van der Waals surface area contributed by atoms with Gasteiger partial charge >= 0.3 is 0 Å². The molecule has 1 fully saturated rings. The molecule has 1 aliphatic heterocycles. The molecule has 0 aliphatic carbocycles. The summed E-state index contributed by atoms with van der Waals surface area (Å²) in [7, 11) is 0. The summed E-state index contributed by atoms with van der Waals surface area (Å²) in [5.74, 6) is 1.48. The molecule has 2 heterocycles. The molecule has 0 spiro atoms. The van der Waals surface area contributed by atoms with Crippen LogP contribution in [0.25, 0.3) is 11.4 Å². The molecule has 1 amide bonds. The monoisotopic (exact) mass is 397 g/mol. The zero-order valence-corrected chi connectivity index (χ0v) is 16.2. The van der Waals surface area contributed by atoms with Gasteiger partial charge in [-0.25, -0.2) is 0 Å². The maximum absolute atomic E-state index is 12.9. The van der Waals surface area contributed by atoms with Crippen molar-refractivity contribution in [2.45, 2.75) is 31.9 Å². The second-order valence-electron chi connectivity index (χ2n) is 6.73. The minimum absolute atomic E-state index is 0.0890. The van der Waals surface area contributed by atoms with E-state index in [9.17, 15) is 4.79 Å². The van der Waals surface area contributed by atoms with Gasteiger partial charge < -0.3 is 14.2 Å². The number of halogens is 1. The topological polar surface area (TPSA) is 68.5 Å². The summed E-state index contributed by atoms with van der Waals surface area (Å²) < 4.78 is 11.3. The average Bonchev–Trinajstić information content (AvgIpc) is 3.37. The molecule has 2 aromatic carbocycles. The number of benzene rings is 2.